The van der Waals surface area contributed by atoms with Gasteiger partial charge in [-0.25, -0.2) is 4.98 Å². The summed E-state index contributed by atoms with van der Waals surface area (Å²) in [6.45, 7) is 4.16. The topological polar surface area (TPSA) is 61.4 Å². The van der Waals surface area contributed by atoms with E-state index in [2.05, 4.69) is 15.3 Å². The molecule has 0 spiro atoms. The van der Waals surface area contributed by atoms with E-state index in [1.807, 2.05) is 4.90 Å². The molecule has 0 unspecified atom stereocenters. The summed E-state index contributed by atoms with van der Waals surface area (Å²) in [6, 6.07) is 6.63. The number of carbonyl (C=O) groups is 1. The fraction of sp³-hybridized carbons (Fsp3) is 0.353. The second-order valence-electron chi connectivity index (χ2n) is 6.03. The number of alkyl halides is 3. The molecule has 0 atom stereocenters. The normalized spacial score (nSPS) is 15.1. The molecule has 6 nitrogen and oxygen atoms in total. The van der Waals surface area contributed by atoms with Crippen LogP contribution in [0.1, 0.15) is 11.3 Å². The summed E-state index contributed by atoms with van der Waals surface area (Å²) in [7, 11) is 0. The number of carbonyl (C=O) groups excluding carboxylic acids is 1. The summed E-state index contributed by atoms with van der Waals surface area (Å²) in [5, 5.41) is 2.91. The van der Waals surface area contributed by atoms with Crippen molar-refractivity contribution in [3.8, 4) is 0 Å². The lowest BCUT2D eigenvalue weighted by Gasteiger charge is -2.32. The fourth-order valence-corrected chi connectivity index (χ4v) is 2.71. The van der Waals surface area contributed by atoms with Crippen molar-refractivity contribution in [1.82, 2.24) is 14.9 Å². The molecule has 9 heteroatoms. The molecule has 1 aromatic heterocycles. The van der Waals surface area contributed by atoms with Gasteiger partial charge in [0.1, 0.15) is 5.82 Å². The Kier molecular flexibility index (Phi) is 4.97. The highest BCUT2D eigenvalue weighted by Gasteiger charge is 2.30. The number of aromatic nitrogens is 2. The van der Waals surface area contributed by atoms with Crippen LogP contribution in [0.4, 0.5) is 30.6 Å². The Morgan fingerprint density at radius 2 is 1.85 bits per heavy atom. The number of nitrogens with one attached hydrogen (secondary N) is 1. The molecule has 1 fully saturated rings. The first-order chi connectivity index (χ1) is 12.3. The number of rotatable bonds is 4. The number of anilines is 3. The lowest BCUT2D eigenvalue weighted by Crippen LogP contribution is -2.46. The van der Waals surface area contributed by atoms with E-state index >= 15 is 0 Å². The Morgan fingerprint density at radius 1 is 1.12 bits per heavy atom. The van der Waals surface area contributed by atoms with Crippen LogP contribution in [0.25, 0.3) is 0 Å². The van der Waals surface area contributed by atoms with E-state index in [-0.39, 0.29) is 0 Å². The predicted octanol–water partition coefficient (Wildman–Crippen LogP) is 2.83. The van der Waals surface area contributed by atoms with Gasteiger partial charge in [-0.1, -0.05) is 6.07 Å². The molecule has 1 aliphatic heterocycles. The maximum absolute atomic E-state index is 12.8. The molecular weight excluding hydrogens is 347 g/mol. The molecule has 1 saturated heterocycles. The predicted molar refractivity (Wildman–Crippen MR) is 91.3 cm³/mol. The van der Waals surface area contributed by atoms with E-state index in [1.54, 1.807) is 24.0 Å². The third-order valence-electron chi connectivity index (χ3n) is 4.05. The zero-order valence-electron chi connectivity index (χ0n) is 14.1. The first-order valence-corrected chi connectivity index (χ1v) is 8.09. The van der Waals surface area contributed by atoms with Gasteiger partial charge in [0, 0.05) is 43.6 Å². The molecule has 138 valence electrons. The highest BCUT2D eigenvalue weighted by atomic mass is 19.4. The van der Waals surface area contributed by atoms with Crippen LogP contribution >= 0.6 is 0 Å². The van der Waals surface area contributed by atoms with Crippen LogP contribution < -0.4 is 10.2 Å². The zero-order chi connectivity index (χ0) is 18.7. The van der Waals surface area contributed by atoms with Gasteiger partial charge in [0.15, 0.2) is 0 Å². The second-order valence-corrected chi connectivity index (χ2v) is 6.03. The van der Waals surface area contributed by atoms with E-state index < -0.39 is 11.7 Å². The first-order valence-electron chi connectivity index (χ1n) is 8.09. The summed E-state index contributed by atoms with van der Waals surface area (Å²) in [6.07, 6.45) is -3.59. The number of nitrogens with zero attached hydrogens (tertiary/aromatic N) is 4. The van der Waals surface area contributed by atoms with Gasteiger partial charge in [0.25, 0.3) is 0 Å². The number of benzene rings is 1. The van der Waals surface area contributed by atoms with Gasteiger partial charge < -0.3 is 15.1 Å². The number of aryl methyl sites for hydroxylation is 1. The lowest BCUT2D eigenvalue weighted by atomic mass is 10.2. The number of piperazine rings is 1. The molecule has 2 heterocycles. The fourth-order valence-electron chi connectivity index (χ4n) is 2.71. The van der Waals surface area contributed by atoms with E-state index in [9.17, 15) is 18.0 Å². The molecule has 1 aromatic carbocycles. The Labute approximate surface area is 148 Å². The van der Waals surface area contributed by atoms with Crippen LogP contribution in [-0.2, 0) is 11.0 Å². The summed E-state index contributed by atoms with van der Waals surface area (Å²) >= 11 is 0. The van der Waals surface area contributed by atoms with Gasteiger partial charge in [-0.15, -0.1) is 0 Å². The van der Waals surface area contributed by atoms with Crippen LogP contribution in [0, 0.1) is 6.92 Å². The standard InChI is InChI=1S/C17H18F3N5O/c1-12-9-15(22-14-4-2-3-13(10-14)17(18,19)20)23-16(21-12)25-7-5-24(11-26)6-8-25/h2-4,9-11H,5-8H2,1H3,(H,21,22,23). The van der Waals surface area contributed by atoms with Crippen LogP contribution in [0.5, 0.6) is 0 Å². The average molecular weight is 365 g/mol. The monoisotopic (exact) mass is 365 g/mol. The number of hydrogen-bond acceptors (Lipinski definition) is 5. The van der Waals surface area contributed by atoms with Crippen molar-refractivity contribution in [2.45, 2.75) is 13.1 Å². The largest absolute Gasteiger partial charge is 0.416 e. The van der Waals surface area contributed by atoms with Gasteiger partial charge in [0.2, 0.25) is 12.4 Å². The zero-order valence-corrected chi connectivity index (χ0v) is 14.1. The van der Waals surface area contributed by atoms with Crippen molar-refractivity contribution in [3.63, 3.8) is 0 Å². The Morgan fingerprint density at radius 3 is 2.50 bits per heavy atom. The van der Waals surface area contributed by atoms with Crippen molar-refractivity contribution in [2.24, 2.45) is 0 Å². The number of amides is 1. The molecule has 1 amide bonds. The molecule has 0 bridgehead atoms. The van der Waals surface area contributed by atoms with Crippen molar-refractivity contribution in [2.75, 3.05) is 36.4 Å². The molecular formula is C17H18F3N5O. The van der Waals surface area contributed by atoms with Crippen molar-refractivity contribution < 1.29 is 18.0 Å². The van der Waals surface area contributed by atoms with Crippen LogP contribution in [0.2, 0.25) is 0 Å². The van der Waals surface area contributed by atoms with Gasteiger partial charge in [-0.05, 0) is 25.1 Å². The molecule has 0 aliphatic carbocycles. The number of hydrogen-bond donors (Lipinski definition) is 1. The summed E-state index contributed by atoms with van der Waals surface area (Å²) < 4.78 is 38.5. The van der Waals surface area contributed by atoms with Crippen molar-refractivity contribution in [1.29, 1.82) is 0 Å². The Hall–Kier alpha value is -2.84. The quantitative estimate of drug-likeness (QED) is 0.845. The van der Waals surface area contributed by atoms with E-state index in [0.717, 1.165) is 18.5 Å². The molecule has 0 saturated carbocycles. The average Bonchev–Trinajstić information content (AvgIpc) is 2.61. The van der Waals surface area contributed by atoms with E-state index in [4.69, 9.17) is 0 Å². The maximum Gasteiger partial charge on any atom is 0.416 e. The molecule has 1 N–H and O–H groups in total. The van der Waals surface area contributed by atoms with Crippen molar-refractivity contribution in [3.05, 3.63) is 41.6 Å². The van der Waals surface area contributed by atoms with Gasteiger partial charge in [0.05, 0.1) is 5.56 Å². The maximum atomic E-state index is 12.8. The highest BCUT2D eigenvalue weighted by Crippen LogP contribution is 2.31. The Bertz CT molecular complexity index is 788. The summed E-state index contributed by atoms with van der Waals surface area (Å²) in [4.78, 5) is 23.2. The highest BCUT2D eigenvalue weighted by molar-refractivity contribution is 5.59. The van der Waals surface area contributed by atoms with Gasteiger partial charge in [-0.3, -0.25) is 4.79 Å². The van der Waals surface area contributed by atoms with Gasteiger partial charge in [-0.2, -0.15) is 18.2 Å². The second kappa shape index (κ2) is 7.19. The number of halogens is 3. The Balaban J connectivity index is 1.79. The van der Waals surface area contributed by atoms with Crippen molar-refractivity contribution >= 4 is 23.9 Å². The molecule has 2 aromatic rings. The summed E-state index contributed by atoms with van der Waals surface area (Å²) in [5.74, 6) is 0.912. The van der Waals surface area contributed by atoms with E-state index in [0.29, 0.717) is 49.3 Å². The lowest BCUT2D eigenvalue weighted by molar-refractivity contribution is -0.137. The molecule has 3 rings (SSSR count). The van der Waals surface area contributed by atoms with Crippen LogP contribution in [-0.4, -0.2) is 47.5 Å². The third-order valence-corrected chi connectivity index (χ3v) is 4.05. The van der Waals surface area contributed by atoms with E-state index in [1.165, 1.54) is 6.07 Å². The van der Waals surface area contributed by atoms with Crippen LogP contribution in [0.3, 0.4) is 0 Å². The minimum Gasteiger partial charge on any atom is -0.342 e. The third kappa shape index (κ3) is 4.22. The molecule has 1 aliphatic rings. The smallest absolute Gasteiger partial charge is 0.342 e. The SMILES string of the molecule is Cc1cc(Nc2cccc(C(F)(F)F)c2)nc(N2CCN(C=O)CC2)n1. The first kappa shape index (κ1) is 18.0. The molecule has 26 heavy (non-hydrogen) atoms. The van der Waals surface area contributed by atoms with Crippen LogP contribution in [0.15, 0.2) is 30.3 Å². The minimum absolute atomic E-state index is 0.301. The van der Waals surface area contributed by atoms with Gasteiger partial charge >= 0.3 is 6.18 Å². The minimum atomic E-state index is -4.40. The summed E-state index contributed by atoms with van der Waals surface area (Å²) in [5.41, 5.74) is 0.274. The molecule has 0 radical (unpaired) electrons.